The second-order valence-corrected chi connectivity index (χ2v) is 12.8. The zero-order chi connectivity index (χ0) is 11.3. The third-order valence-electron chi connectivity index (χ3n) is 3.79. The Morgan fingerprint density at radius 1 is 1.27 bits per heavy atom. The largest absolute Gasteiger partial charge is 0.386 e. The van der Waals surface area contributed by atoms with Gasteiger partial charge in [0.15, 0.2) is 0 Å². The molecule has 2 rings (SSSR count). The molecular formula is C12H22OSSi. The molecule has 0 amide bonds. The average molecular weight is 242 g/mol. The first-order valence-electron chi connectivity index (χ1n) is 5.89. The van der Waals surface area contributed by atoms with E-state index in [4.69, 9.17) is 0 Å². The van der Waals surface area contributed by atoms with Crippen LogP contribution >= 0.6 is 11.8 Å². The molecule has 0 aromatic carbocycles. The van der Waals surface area contributed by atoms with E-state index in [1.807, 2.05) is 0 Å². The summed E-state index contributed by atoms with van der Waals surface area (Å²) in [6.45, 7) is 11.1. The van der Waals surface area contributed by atoms with Crippen molar-refractivity contribution in [3.8, 4) is 0 Å². The van der Waals surface area contributed by atoms with Crippen LogP contribution in [-0.2, 0) is 0 Å². The normalized spacial score (nSPS) is 40.5. The molecule has 86 valence electrons. The van der Waals surface area contributed by atoms with Crippen molar-refractivity contribution in [2.45, 2.75) is 61.4 Å². The number of aliphatic hydroxyl groups is 1. The maximum atomic E-state index is 10.8. The molecule has 0 aromatic heterocycles. The van der Waals surface area contributed by atoms with Crippen LogP contribution in [0.1, 0.15) is 25.7 Å². The molecule has 2 saturated heterocycles. The minimum atomic E-state index is -1.41. The highest BCUT2D eigenvalue weighted by molar-refractivity contribution is 8.00. The van der Waals surface area contributed by atoms with Crippen molar-refractivity contribution in [3.63, 3.8) is 0 Å². The van der Waals surface area contributed by atoms with Gasteiger partial charge in [-0.2, -0.15) is 11.8 Å². The van der Waals surface area contributed by atoms with Crippen molar-refractivity contribution in [2.24, 2.45) is 0 Å². The van der Waals surface area contributed by atoms with Crippen LogP contribution in [0.5, 0.6) is 0 Å². The standard InChI is InChI=1S/C12H22OSSi/c1-9(15(2,3)4)12(13)7-10-5-6-11(8-12)14-10/h10-11,13H,1,5-8H2,2-4H3. The van der Waals surface area contributed by atoms with Gasteiger partial charge in [-0.05, 0) is 25.7 Å². The number of hydrogen-bond donors (Lipinski definition) is 1. The van der Waals surface area contributed by atoms with Gasteiger partial charge < -0.3 is 5.11 Å². The molecule has 0 radical (unpaired) electrons. The van der Waals surface area contributed by atoms with Crippen molar-refractivity contribution < 1.29 is 5.11 Å². The van der Waals surface area contributed by atoms with Gasteiger partial charge >= 0.3 is 0 Å². The van der Waals surface area contributed by atoms with Crippen LogP contribution in [0.25, 0.3) is 0 Å². The Balaban J connectivity index is 2.17. The number of fused-ring (bicyclic) bond motifs is 2. The Hall–Kier alpha value is 0.267. The zero-order valence-electron chi connectivity index (χ0n) is 10.0. The summed E-state index contributed by atoms with van der Waals surface area (Å²) >= 11 is 2.10. The minimum Gasteiger partial charge on any atom is -0.386 e. The molecule has 15 heavy (non-hydrogen) atoms. The molecule has 0 saturated carbocycles. The SMILES string of the molecule is C=C(C1(O)CC2CCC(C1)S2)[Si](C)(C)C. The molecule has 0 aromatic rings. The van der Waals surface area contributed by atoms with E-state index in [1.54, 1.807) is 0 Å². The van der Waals surface area contributed by atoms with Gasteiger partial charge in [-0.3, -0.25) is 0 Å². The first-order valence-corrected chi connectivity index (χ1v) is 10.3. The van der Waals surface area contributed by atoms with E-state index in [9.17, 15) is 5.11 Å². The van der Waals surface area contributed by atoms with E-state index in [-0.39, 0.29) is 0 Å². The van der Waals surface area contributed by atoms with Crippen molar-refractivity contribution in [1.29, 1.82) is 0 Å². The van der Waals surface area contributed by atoms with Gasteiger partial charge in [-0.1, -0.05) is 24.8 Å². The van der Waals surface area contributed by atoms with Gasteiger partial charge in [0.1, 0.15) is 0 Å². The molecule has 2 aliphatic rings. The van der Waals surface area contributed by atoms with E-state index in [2.05, 4.69) is 38.0 Å². The van der Waals surface area contributed by atoms with Crippen LogP contribution in [0.3, 0.4) is 0 Å². The molecule has 0 aliphatic carbocycles. The highest BCUT2D eigenvalue weighted by Crippen LogP contribution is 2.50. The molecule has 1 nitrogen and oxygen atoms in total. The van der Waals surface area contributed by atoms with Crippen molar-refractivity contribution >= 4 is 19.8 Å². The summed E-state index contributed by atoms with van der Waals surface area (Å²) in [4.78, 5) is 0. The molecule has 2 unspecified atom stereocenters. The zero-order valence-corrected chi connectivity index (χ0v) is 11.9. The second kappa shape index (κ2) is 3.64. The second-order valence-electron chi connectivity index (χ2n) is 6.13. The number of thioether (sulfide) groups is 1. The molecule has 2 fully saturated rings. The van der Waals surface area contributed by atoms with Gasteiger partial charge in [0.2, 0.25) is 0 Å². The number of hydrogen-bond acceptors (Lipinski definition) is 2. The molecule has 2 bridgehead atoms. The van der Waals surface area contributed by atoms with Crippen LogP contribution in [-0.4, -0.2) is 29.3 Å². The van der Waals surface area contributed by atoms with Gasteiger partial charge in [0.05, 0.1) is 13.7 Å². The van der Waals surface area contributed by atoms with Crippen LogP contribution in [0.15, 0.2) is 11.8 Å². The fraction of sp³-hybridized carbons (Fsp3) is 0.833. The molecular weight excluding hydrogens is 220 g/mol. The predicted octanol–water partition coefficient (Wildman–Crippen LogP) is 3.21. The fourth-order valence-electron chi connectivity index (χ4n) is 2.86. The molecule has 1 N–H and O–H groups in total. The van der Waals surface area contributed by atoms with Crippen LogP contribution in [0.2, 0.25) is 19.6 Å². The van der Waals surface area contributed by atoms with E-state index < -0.39 is 13.7 Å². The highest BCUT2D eigenvalue weighted by atomic mass is 32.2. The lowest BCUT2D eigenvalue weighted by Gasteiger charge is -2.41. The van der Waals surface area contributed by atoms with Crippen LogP contribution < -0.4 is 0 Å². The van der Waals surface area contributed by atoms with E-state index >= 15 is 0 Å². The maximum Gasteiger partial charge on any atom is 0.0840 e. The summed E-state index contributed by atoms with van der Waals surface area (Å²) in [7, 11) is -1.41. The Kier molecular flexibility index (Phi) is 2.85. The van der Waals surface area contributed by atoms with Gasteiger partial charge in [-0.25, -0.2) is 0 Å². The summed E-state index contributed by atoms with van der Waals surface area (Å²) in [6, 6.07) is 0. The van der Waals surface area contributed by atoms with Crippen LogP contribution in [0, 0.1) is 0 Å². The third kappa shape index (κ3) is 2.20. The third-order valence-corrected chi connectivity index (χ3v) is 7.64. The van der Waals surface area contributed by atoms with Crippen LogP contribution in [0.4, 0.5) is 0 Å². The van der Waals surface area contributed by atoms with Crippen molar-refractivity contribution in [2.75, 3.05) is 0 Å². The summed E-state index contributed by atoms with van der Waals surface area (Å²) in [5, 5.41) is 13.3. The average Bonchev–Trinajstić information content (AvgIpc) is 2.43. The summed E-state index contributed by atoms with van der Waals surface area (Å²) < 4.78 is 0. The number of rotatable bonds is 2. The smallest absolute Gasteiger partial charge is 0.0840 e. The Morgan fingerprint density at radius 3 is 2.13 bits per heavy atom. The van der Waals surface area contributed by atoms with E-state index in [0.717, 1.165) is 12.8 Å². The molecule has 2 heterocycles. The molecule has 3 heteroatoms. The van der Waals surface area contributed by atoms with Gasteiger partial charge in [-0.15, -0.1) is 6.58 Å². The quantitative estimate of drug-likeness (QED) is 0.750. The first-order chi connectivity index (χ1) is 6.81. The van der Waals surface area contributed by atoms with Crippen molar-refractivity contribution in [3.05, 3.63) is 11.8 Å². The monoisotopic (exact) mass is 242 g/mol. The van der Waals surface area contributed by atoms with Gasteiger partial charge in [0, 0.05) is 10.5 Å². The first kappa shape index (κ1) is 11.7. The minimum absolute atomic E-state index is 0.526. The topological polar surface area (TPSA) is 20.2 Å². The van der Waals surface area contributed by atoms with E-state index in [0.29, 0.717) is 10.5 Å². The Morgan fingerprint density at radius 2 is 1.73 bits per heavy atom. The molecule has 2 atom stereocenters. The highest BCUT2D eigenvalue weighted by Gasteiger charge is 2.47. The lowest BCUT2D eigenvalue weighted by Crippen LogP contribution is -2.46. The van der Waals surface area contributed by atoms with E-state index in [1.165, 1.54) is 18.0 Å². The molecule has 2 aliphatic heterocycles. The molecule has 0 spiro atoms. The van der Waals surface area contributed by atoms with Gasteiger partial charge in [0.25, 0.3) is 0 Å². The Labute approximate surface area is 98.4 Å². The lowest BCUT2D eigenvalue weighted by atomic mass is 9.93. The predicted molar refractivity (Wildman–Crippen MR) is 71.1 cm³/mol. The Bertz CT molecular complexity index is 270. The summed E-state index contributed by atoms with van der Waals surface area (Å²) in [6.07, 6.45) is 4.52. The maximum absolute atomic E-state index is 10.8. The lowest BCUT2D eigenvalue weighted by molar-refractivity contribution is 0.0678. The fourth-order valence-corrected chi connectivity index (χ4v) is 6.29. The summed E-state index contributed by atoms with van der Waals surface area (Å²) in [5.74, 6) is 0. The summed E-state index contributed by atoms with van der Waals surface area (Å²) in [5.41, 5.74) is -0.526. The van der Waals surface area contributed by atoms with Crippen molar-refractivity contribution in [1.82, 2.24) is 0 Å².